The fourth-order valence-electron chi connectivity index (χ4n) is 8.37. The fourth-order valence-corrected chi connectivity index (χ4v) is 9.11. The molecule has 0 aromatic carbocycles. The number of allylic oxidation sites excluding steroid dienone is 27. The average molecular weight is 1150 g/mol. The second-order valence-electron chi connectivity index (χ2n) is 22.4. The molecule has 0 spiro atoms. The number of aliphatic hydroxyl groups excluding tert-OH is 1. The van der Waals surface area contributed by atoms with Gasteiger partial charge in [0.2, 0.25) is 5.91 Å². The molecule has 3 N–H and O–H groups in total. The van der Waals surface area contributed by atoms with E-state index in [-0.39, 0.29) is 19.1 Å². The van der Waals surface area contributed by atoms with E-state index in [0.717, 1.165) is 128 Å². The quantitative estimate of drug-likeness (QED) is 0.0243. The summed E-state index contributed by atoms with van der Waals surface area (Å²) in [6.07, 6.45) is 97.6. The number of hydrogen-bond donors (Lipinski definition) is 3. The highest BCUT2D eigenvalue weighted by atomic mass is 31.2. The highest BCUT2D eigenvalue weighted by Gasteiger charge is 2.27. The number of carbonyl (C=O) groups excluding carboxylic acids is 1. The first-order valence-corrected chi connectivity index (χ1v) is 34.0. The number of aliphatic hydroxyl groups is 1. The number of carbonyl (C=O) groups is 1. The van der Waals surface area contributed by atoms with Gasteiger partial charge in [-0.1, -0.05) is 267 Å². The molecule has 1 amide bonds. The Hall–Kier alpha value is -4.14. The van der Waals surface area contributed by atoms with Crippen LogP contribution in [-0.4, -0.2) is 73.4 Å². The van der Waals surface area contributed by atoms with E-state index in [1.165, 1.54) is 83.5 Å². The van der Waals surface area contributed by atoms with E-state index >= 15 is 0 Å². The Bertz CT molecular complexity index is 1940. The Kier molecular flexibility index (Phi) is 58.3. The lowest BCUT2D eigenvalue weighted by atomic mass is 10.1. The largest absolute Gasteiger partial charge is 0.472 e. The molecule has 9 heteroatoms. The molecule has 0 aromatic rings. The van der Waals surface area contributed by atoms with Crippen LogP contribution in [0.4, 0.5) is 0 Å². The Labute approximate surface area is 504 Å². The molecular formula is C73H122N2O6P+. The first-order chi connectivity index (χ1) is 40.0. The van der Waals surface area contributed by atoms with Crippen molar-refractivity contribution in [3.8, 4) is 0 Å². The molecule has 0 aliphatic heterocycles. The van der Waals surface area contributed by atoms with Gasteiger partial charge in [0.1, 0.15) is 13.2 Å². The lowest BCUT2D eigenvalue weighted by molar-refractivity contribution is -0.870. The summed E-state index contributed by atoms with van der Waals surface area (Å²) in [5.41, 5.74) is 0. The third-order valence-electron chi connectivity index (χ3n) is 13.4. The van der Waals surface area contributed by atoms with E-state index in [1.807, 2.05) is 27.2 Å². The van der Waals surface area contributed by atoms with Gasteiger partial charge in [0, 0.05) is 6.42 Å². The molecule has 8 nitrogen and oxygen atoms in total. The molecule has 0 radical (unpaired) electrons. The standard InChI is InChI=1S/C73H121N2O6P/c1-6-8-10-12-14-16-18-20-22-24-26-27-28-29-30-31-32-33-34-35-36-37-38-39-40-41-42-43-44-45-46-47-49-51-53-55-57-59-61-63-65-67-73(77)74-71(70-81-82(78,79)80-69-68-75(3,4)5)72(76)66-64-62-60-58-56-54-52-50-48-25-23-21-19-17-15-13-11-9-7-2/h8,10,14,16,20,22,26-27,29-30,32-33,35-36,38-39,41-42,44-45,47-50,56,58,64,66,71-72,76H,6-7,9,11-13,15,17-19,21,23-25,28,31,34,37,40,43,46,51-55,57,59-63,65,67-70H2,1-5H3,(H-,74,77,78,79)/p+1/b10-8-,16-14-,22-20-,27-26-,30-29-,33-32-,36-35-,39-38-,42-41-,45-44-,49-47-,50-48+,58-56+,66-64+. The Morgan fingerprint density at radius 1 is 0.427 bits per heavy atom. The molecule has 0 rings (SSSR count). The molecule has 0 bridgehead atoms. The van der Waals surface area contributed by atoms with Gasteiger partial charge in [0.25, 0.3) is 0 Å². The van der Waals surface area contributed by atoms with E-state index < -0.39 is 20.0 Å². The molecule has 464 valence electrons. The number of nitrogens with zero attached hydrogens (tertiary/aromatic N) is 1. The summed E-state index contributed by atoms with van der Waals surface area (Å²) >= 11 is 0. The molecule has 3 unspecified atom stereocenters. The predicted molar refractivity (Wildman–Crippen MR) is 359 cm³/mol. The number of amides is 1. The van der Waals surface area contributed by atoms with Crippen LogP contribution in [0.1, 0.15) is 232 Å². The van der Waals surface area contributed by atoms with Crippen molar-refractivity contribution in [3.05, 3.63) is 170 Å². The summed E-state index contributed by atoms with van der Waals surface area (Å²) in [5, 5.41) is 13.9. The highest BCUT2D eigenvalue weighted by Crippen LogP contribution is 2.43. The van der Waals surface area contributed by atoms with Crippen molar-refractivity contribution in [3.63, 3.8) is 0 Å². The van der Waals surface area contributed by atoms with E-state index in [0.29, 0.717) is 17.4 Å². The van der Waals surface area contributed by atoms with Gasteiger partial charge in [-0.3, -0.25) is 13.8 Å². The SMILES string of the molecule is CC/C=C\C/C=C\C/C=C\C/C=C\C/C=C\C/C=C\C/C=C\C/C=C\C/C=C\C/C=C\C/C=C\CCCCCCCCCC(=O)NC(COP(=O)(O)OCC[N+](C)(C)C)C(O)/C=C/CC/C=C/CC/C=C/CCCCCCCCCCC. The van der Waals surface area contributed by atoms with Crippen LogP contribution in [0.25, 0.3) is 0 Å². The van der Waals surface area contributed by atoms with Crippen LogP contribution in [-0.2, 0) is 18.4 Å². The van der Waals surface area contributed by atoms with E-state index in [1.54, 1.807) is 6.08 Å². The van der Waals surface area contributed by atoms with Gasteiger partial charge in [-0.25, -0.2) is 4.57 Å². The summed E-state index contributed by atoms with van der Waals surface area (Å²) in [4.78, 5) is 23.3. The molecule has 0 aromatic heterocycles. The number of likely N-dealkylation sites (N-methyl/N-ethyl adjacent to an activating group) is 1. The number of quaternary nitrogens is 1. The molecule has 0 aliphatic carbocycles. The van der Waals surface area contributed by atoms with Crippen LogP contribution in [0.3, 0.4) is 0 Å². The second-order valence-corrected chi connectivity index (χ2v) is 23.8. The number of rotatable bonds is 57. The minimum atomic E-state index is -4.38. The predicted octanol–water partition coefficient (Wildman–Crippen LogP) is 20.8. The van der Waals surface area contributed by atoms with Gasteiger partial charge in [-0.05, 0) is 128 Å². The van der Waals surface area contributed by atoms with Crippen molar-refractivity contribution in [1.82, 2.24) is 5.32 Å². The number of unbranched alkanes of at least 4 members (excludes halogenated alkanes) is 18. The average Bonchev–Trinajstić information content (AvgIpc) is 3.47. The molecule has 0 fully saturated rings. The summed E-state index contributed by atoms with van der Waals surface area (Å²) in [5.74, 6) is -0.209. The van der Waals surface area contributed by atoms with Gasteiger partial charge < -0.3 is 19.8 Å². The monoisotopic (exact) mass is 1150 g/mol. The third kappa shape index (κ3) is 63.4. The third-order valence-corrected chi connectivity index (χ3v) is 14.4. The molecule has 82 heavy (non-hydrogen) atoms. The van der Waals surface area contributed by atoms with Gasteiger partial charge in [0.05, 0.1) is 39.9 Å². The zero-order valence-electron chi connectivity index (χ0n) is 52.9. The van der Waals surface area contributed by atoms with E-state index in [4.69, 9.17) is 9.05 Å². The number of phosphoric acid groups is 1. The molecule has 0 heterocycles. The first kappa shape index (κ1) is 77.9. The summed E-state index contributed by atoms with van der Waals surface area (Å²) < 4.78 is 23.7. The van der Waals surface area contributed by atoms with E-state index in [2.05, 4.69) is 177 Å². The maximum atomic E-state index is 13.0. The van der Waals surface area contributed by atoms with Crippen LogP contribution in [0, 0.1) is 0 Å². The minimum absolute atomic E-state index is 0.0424. The molecule has 0 saturated carbocycles. The molecule has 3 atom stereocenters. The van der Waals surface area contributed by atoms with E-state index in [9.17, 15) is 19.4 Å². The normalized spacial score (nSPS) is 14.9. The van der Waals surface area contributed by atoms with Crippen molar-refractivity contribution in [2.75, 3.05) is 40.9 Å². The van der Waals surface area contributed by atoms with Crippen LogP contribution in [0.15, 0.2) is 170 Å². The molecular weight excluding hydrogens is 1030 g/mol. The van der Waals surface area contributed by atoms with Gasteiger partial charge in [0.15, 0.2) is 0 Å². The summed E-state index contributed by atoms with van der Waals surface area (Å²) in [7, 11) is 1.51. The Balaban J connectivity index is 4.22. The Morgan fingerprint density at radius 2 is 0.744 bits per heavy atom. The maximum absolute atomic E-state index is 13.0. The zero-order chi connectivity index (χ0) is 59.8. The van der Waals surface area contributed by atoms with Crippen molar-refractivity contribution in [1.29, 1.82) is 0 Å². The van der Waals surface area contributed by atoms with Crippen LogP contribution >= 0.6 is 7.82 Å². The minimum Gasteiger partial charge on any atom is -0.387 e. The molecule has 0 saturated heterocycles. The fraction of sp³-hybridized carbons (Fsp3) is 0.603. The second kappa shape index (κ2) is 61.4. The number of phosphoric ester groups is 1. The van der Waals surface area contributed by atoms with Crippen molar-refractivity contribution < 1.29 is 32.9 Å². The topological polar surface area (TPSA) is 105 Å². The lowest BCUT2D eigenvalue weighted by Gasteiger charge is -2.25. The first-order valence-electron chi connectivity index (χ1n) is 32.5. The van der Waals surface area contributed by atoms with Crippen LogP contribution in [0.2, 0.25) is 0 Å². The number of hydrogen-bond acceptors (Lipinski definition) is 5. The van der Waals surface area contributed by atoms with Crippen LogP contribution < -0.4 is 5.32 Å². The van der Waals surface area contributed by atoms with Gasteiger partial charge in [-0.15, -0.1) is 0 Å². The lowest BCUT2D eigenvalue weighted by Crippen LogP contribution is -2.45. The van der Waals surface area contributed by atoms with Crippen molar-refractivity contribution >= 4 is 13.7 Å². The maximum Gasteiger partial charge on any atom is 0.472 e. The van der Waals surface area contributed by atoms with Gasteiger partial charge >= 0.3 is 7.82 Å². The van der Waals surface area contributed by atoms with Crippen molar-refractivity contribution in [2.24, 2.45) is 0 Å². The summed E-state index contributed by atoms with van der Waals surface area (Å²) in [6.45, 7) is 4.64. The number of nitrogens with one attached hydrogen (secondary N) is 1. The van der Waals surface area contributed by atoms with Gasteiger partial charge in [-0.2, -0.15) is 0 Å². The summed E-state index contributed by atoms with van der Waals surface area (Å²) in [6, 6.07) is -0.889. The highest BCUT2D eigenvalue weighted by molar-refractivity contribution is 7.47. The zero-order valence-corrected chi connectivity index (χ0v) is 53.8. The molecule has 0 aliphatic rings. The Morgan fingerprint density at radius 3 is 1.12 bits per heavy atom. The van der Waals surface area contributed by atoms with Crippen LogP contribution in [0.5, 0.6) is 0 Å². The van der Waals surface area contributed by atoms with Crippen molar-refractivity contribution in [2.45, 2.75) is 244 Å². The smallest absolute Gasteiger partial charge is 0.387 e.